The molecule has 4 heteroatoms. The molecule has 0 spiro atoms. The minimum absolute atomic E-state index is 0.177. The summed E-state index contributed by atoms with van der Waals surface area (Å²) in [5.74, 6) is 0.296. The fourth-order valence-electron chi connectivity index (χ4n) is 3.64. The molecular weight excluding hydrogens is 281 g/mol. The summed E-state index contributed by atoms with van der Waals surface area (Å²) in [7, 11) is 0. The molecule has 1 heterocycles. The van der Waals surface area contributed by atoms with E-state index in [1.807, 2.05) is 12.1 Å². The molecule has 1 aromatic rings. The smallest absolute Gasteiger partial charge is 0.123 e. The molecule has 0 unspecified atom stereocenters. The van der Waals surface area contributed by atoms with E-state index in [-0.39, 0.29) is 11.9 Å². The maximum Gasteiger partial charge on any atom is 0.123 e. The van der Waals surface area contributed by atoms with Crippen LogP contribution < -0.4 is 0 Å². The van der Waals surface area contributed by atoms with Crippen LogP contribution in [0.3, 0.4) is 0 Å². The van der Waals surface area contributed by atoms with Crippen LogP contribution in [0.25, 0.3) is 0 Å². The lowest BCUT2D eigenvalue weighted by atomic mass is 10.0. The largest absolute Gasteiger partial charge is 0.377 e. The summed E-state index contributed by atoms with van der Waals surface area (Å²) in [6, 6.07) is 7.27. The lowest BCUT2D eigenvalue weighted by Crippen LogP contribution is -2.50. The van der Waals surface area contributed by atoms with Crippen LogP contribution in [0.4, 0.5) is 4.39 Å². The Morgan fingerprint density at radius 3 is 2.91 bits per heavy atom. The van der Waals surface area contributed by atoms with Gasteiger partial charge in [0, 0.05) is 25.0 Å². The second-order valence-electron chi connectivity index (χ2n) is 6.16. The maximum atomic E-state index is 13.0. The zero-order valence-corrected chi connectivity index (χ0v) is 12.9. The van der Waals surface area contributed by atoms with Crippen molar-refractivity contribution in [3.63, 3.8) is 0 Å². The Morgan fingerprint density at radius 2 is 2.14 bits per heavy atom. The standard InChI is InChI=1S/C18H24FNO2/c1-2-10-21-13-15-5-8-17-18(15)22-11-9-20(17)12-14-3-6-16(19)7-4-14/h2-4,6-7,15,17-18H,1,5,8-13H2/t15-,17+,18+/m0/s1. The Morgan fingerprint density at radius 1 is 1.32 bits per heavy atom. The van der Waals surface area contributed by atoms with E-state index >= 15 is 0 Å². The highest BCUT2D eigenvalue weighted by Gasteiger charge is 2.42. The predicted octanol–water partition coefficient (Wildman–Crippen LogP) is 3.01. The first kappa shape index (κ1) is 15.7. The number of benzene rings is 1. The van der Waals surface area contributed by atoms with Gasteiger partial charge in [-0.1, -0.05) is 18.2 Å². The van der Waals surface area contributed by atoms with Crippen molar-refractivity contribution in [2.24, 2.45) is 5.92 Å². The summed E-state index contributed by atoms with van der Waals surface area (Å²) in [6.07, 6.45) is 4.34. The van der Waals surface area contributed by atoms with Crippen molar-refractivity contribution in [2.45, 2.75) is 31.5 Å². The molecule has 3 rings (SSSR count). The van der Waals surface area contributed by atoms with Crippen molar-refractivity contribution in [2.75, 3.05) is 26.4 Å². The third-order valence-corrected chi connectivity index (χ3v) is 4.70. The predicted molar refractivity (Wildman–Crippen MR) is 84.1 cm³/mol. The molecule has 3 nitrogen and oxygen atoms in total. The SMILES string of the molecule is C=CCOC[C@@H]1CC[C@@H]2[C@@H]1OCCN2Cc1ccc(F)cc1. The summed E-state index contributed by atoms with van der Waals surface area (Å²) in [4.78, 5) is 2.48. The van der Waals surface area contributed by atoms with E-state index < -0.39 is 0 Å². The van der Waals surface area contributed by atoms with E-state index in [2.05, 4.69) is 11.5 Å². The third-order valence-electron chi connectivity index (χ3n) is 4.70. The van der Waals surface area contributed by atoms with Gasteiger partial charge in [-0.2, -0.15) is 0 Å². The summed E-state index contributed by atoms with van der Waals surface area (Å²) >= 11 is 0. The summed E-state index contributed by atoms with van der Waals surface area (Å²) in [6.45, 7) is 7.61. The molecule has 3 atom stereocenters. The Balaban J connectivity index is 1.60. The van der Waals surface area contributed by atoms with Gasteiger partial charge < -0.3 is 9.47 Å². The van der Waals surface area contributed by atoms with Gasteiger partial charge in [-0.15, -0.1) is 6.58 Å². The highest BCUT2D eigenvalue weighted by molar-refractivity contribution is 5.16. The quantitative estimate of drug-likeness (QED) is 0.596. The molecule has 1 saturated carbocycles. The molecule has 120 valence electrons. The van der Waals surface area contributed by atoms with E-state index in [0.717, 1.165) is 44.7 Å². The molecule has 2 fully saturated rings. The Hall–Kier alpha value is -1.23. The zero-order valence-electron chi connectivity index (χ0n) is 12.9. The zero-order chi connectivity index (χ0) is 15.4. The van der Waals surface area contributed by atoms with Gasteiger partial charge in [0.25, 0.3) is 0 Å². The van der Waals surface area contributed by atoms with Crippen LogP contribution in [0.1, 0.15) is 18.4 Å². The highest BCUT2D eigenvalue weighted by atomic mass is 19.1. The number of halogens is 1. The number of rotatable bonds is 6. The fourth-order valence-corrected chi connectivity index (χ4v) is 3.64. The average molecular weight is 305 g/mol. The molecular formula is C18H24FNO2. The van der Waals surface area contributed by atoms with Crippen LogP contribution in [-0.4, -0.2) is 43.4 Å². The van der Waals surface area contributed by atoms with E-state index in [0.29, 0.717) is 18.6 Å². The Bertz CT molecular complexity index is 490. The molecule has 1 saturated heterocycles. The van der Waals surface area contributed by atoms with E-state index in [9.17, 15) is 4.39 Å². The van der Waals surface area contributed by atoms with Gasteiger partial charge in [-0.05, 0) is 30.5 Å². The van der Waals surface area contributed by atoms with Gasteiger partial charge in [0.1, 0.15) is 5.82 Å². The highest BCUT2D eigenvalue weighted by Crippen LogP contribution is 2.35. The molecule has 0 radical (unpaired) electrons. The number of nitrogens with zero attached hydrogens (tertiary/aromatic N) is 1. The maximum absolute atomic E-state index is 13.0. The third kappa shape index (κ3) is 3.57. The number of fused-ring (bicyclic) bond motifs is 1. The number of morpholine rings is 1. The van der Waals surface area contributed by atoms with Gasteiger partial charge in [-0.25, -0.2) is 4.39 Å². The second-order valence-corrected chi connectivity index (χ2v) is 6.16. The van der Waals surface area contributed by atoms with E-state index in [1.54, 1.807) is 6.08 Å². The normalized spacial score (nSPS) is 28.5. The first-order chi connectivity index (χ1) is 10.8. The first-order valence-electron chi connectivity index (χ1n) is 8.06. The van der Waals surface area contributed by atoms with Gasteiger partial charge in [0.15, 0.2) is 0 Å². The van der Waals surface area contributed by atoms with Crippen molar-refractivity contribution in [1.82, 2.24) is 4.90 Å². The first-order valence-corrected chi connectivity index (χ1v) is 8.06. The summed E-state index contributed by atoms with van der Waals surface area (Å²) in [5.41, 5.74) is 1.16. The number of hydrogen-bond donors (Lipinski definition) is 0. The van der Waals surface area contributed by atoms with Crippen LogP contribution in [0, 0.1) is 11.7 Å². The van der Waals surface area contributed by atoms with Crippen molar-refractivity contribution in [1.29, 1.82) is 0 Å². The van der Waals surface area contributed by atoms with Crippen molar-refractivity contribution in [3.8, 4) is 0 Å². The van der Waals surface area contributed by atoms with Gasteiger partial charge in [0.2, 0.25) is 0 Å². The van der Waals surface area contributed by atoms with Gasteiger partial charge in [-0.3, -0.25) is 4.90 Å². The van der Waals surface area contributed by atoms with Crippen LogP contribution in [0.15, 0.2) is 36.9 Å². The minimum Gasteiger partial charge on any atom is -0.377 e. The van der Waals surface area contributed by atoms with Crippen molar-refractivity contribution in [3.05, 3.63) is 48.3 Å². The molecule has 0 N–H and O–H groups in total. The molecule has 0 amide bonds. The van der Waals surface area contributed by atoms with Crippen LogP contribution in [0.2, 0.25) is 0 Å². The molecule has 0 bridgehead atoms. The Kier molecular flexibility index (Phi) is 5.24. The molecule has 2 aliphatic rings. The van der Waals surface area contributed by atoms with Crippen LogP contribution >= 0.6 is 0 Å². The molecule has 22 heavy (non-hydrogen) atoms. The molecule has 0 aromatic heterocycles. The van der Waals surface area contributed by atoms with Gasteiger partial charge in [0.05, 0.1) is 25.9 Å². The molecule has 1 aromatic carbocycles. The van der Waals surface area contributed by atoms with Crippen molar-refractivity contribution < 1.29 is 13.9 Å². The topological polar surface area (TPSA) is 21.7 Å². The van der Waals surface area contributed by atoms with Crippen LogP contribution in [-0.2, 0) is 16.0 Å². The minimum atomic E-state index is -0.177. The molecule has 1 aliphatic heterocycles. The van der Waals surface area contributed by atoms with E-state index in [4.69, 9.17) is 9.47 Å². The lowest BCUT2D eigenvalue weighted by Gasteiger charge is -2.39. The Labute approximate surface area is 131 Å². The number of ether oxygens (including phenoxy) is 2. The fraction of sp³-hybridized carbons (Fsp3) is 0.556. The van der Waals surface area contributed by atoms with E-state index in [1.165, 1.54) is 12.1 Å². The monoisotopic (exact) mass is 305 g/mol. The van der Waals surface area contributed by atoms with Crippen molar-refractivity contribution >= 4 is 0 Å². The average Bonchev–Trinajstić information content (AvgIpc) is 2.94. The second kappa shape index (κ2) is 7.36. The lowest BCUT2D eigenvalue weighted by molar-refractivity contribution is -0.0869. The number of hydrogen-bond acceptors (Lipinski definition) is 3. The summed E-state index contributed by atoms with van der Waals surface area (Å²) < 4.78 is 24.7. The summed E-state index contributed by atoms with van der Waals surface area (Å²) in [5, 5.41) is 0. The molecule has 1 aliphatic carbocycles. The van der Waals surface area contributed by atoms with Gasteiger partial charge >= 0.3 is 0 Å². The van der Waals surface area contributed by atoms with Crippen LogP contribution in [0.5, 0.6) is 0 Å².